The number of rotatable bonds is 7. The van der Waals surface area contributed by atoms with Gasteiger partial charge in [0.15, 0.2) is 0 Å². The lowest BCUT2D eigenvalue weighted by Crippen LogP contribution is -2.14. The summed E-state index contributed by atoms with van der Waals surface area (Å²) in [6.45, 7) is 1.75. The van der Waals surface area contributed by atoms with Gasteiger partial charge in [-0.15, -0.1) is 0 Å². The first kappa shape index (κ1) is 31.6. The molecule has 6 rings (SSSR count). The standard InChI is InChI=1S/C36H22ClF3N2O4S/c1-20-4-2-7-25(19-41)32(20)33-29-18-26(38)11-15-31(29)42(47(45,46)27-12-8-21(9-13-27)35(39)40)34(33)23-6-3-5-22(16-23)28-14-10-24(36(43)44)17-30(28)37/h2-18,35H,1H3,(H,43,44). The van der Waals surface area contributed by atoms with Crippen molar-refractivity contribution >= 4 is 38.5 Å². The Labute approximate surface area is 272 Å². The third kappa shape index (κ3) is 5.54. The normalized spacial score (nSPS) is 11.6. The van der Waals surface area contributed by atoms with Crippen LogP contribution in [0, 0.1) is 24.1 Å². The Kier molecular flexibility index (Phi) is 8.13. The molecule has 6 aromatic rings. The van der Waals surface area contributed by atoms with Gasteiger partial charge in [-0.3, -0.25) is 0 Å². The van der Waals surface area contributed by atoms with E-state index in [0.717, 1.165) is 34.3 Å². The molecule has 0 aliphatic carbocycles. The maximum atomic E-state index is 15.0. The molecule has 0 saturated carbocycles. The van der Waals surface area contributed by atoms with E-state index in [1.54, 1.807) is 49.4 Å². The minimum Gasteiger partial charge on any atom is -0.478 e. The number of hydrogen-bond acceptors (Lipinski definition) is 4. The molecule has 0 saturated heterocycles. The van der Waals surface area contributed by atoms with Gasteiger partial charge in [-0.25, -0.2) is 30.4 Å². The van der Waals surface area contributed by atoms with Crippen LogP contribution in [-0.2, 0) is 10.0 Å². The molecule has 0 aliphatic heterocycles. The van der Waals surface area contributed by atoms with Crippen LogP contribution in [-0.4, -0.2) is 23.5 Å². The number of aryl methyl sites for hydroxylation is 1. The fourth-order valence-corrected chi connectivity index (χ4v) is 7.53. The zero-order valence-corrected chi connectivity index (χ0v) is 26.0. The highest BCUT2D eigenvalue weighted by Gasteiger charge is 2.31. The first-order valence-electron chi connectivity index (χ1n) is 14.0. The average molecular weight is 671 g/mol. The van der Waals surface area contributed by atoms with E-state index < -0.39 is 28.2 Å². The van der Waals surface area contributed by atoms with Gasteiger partial charge in [0.1, 0.15) is 5.82 Å². The summed E-state index contributed by atoms with van der Waals surface area (Å²) >= 11 is 6.50. The summed E-state index contributed by atoms with van der Waals surface area (Å²) < 4.78 is 71.8. The van der Waals surface area contributed by atoms with Gasteiger partial charge in [-0.2, -0.15) is 5.26 Å². The fourth-order valence-electron chi connectivity index (χ4n) is 5.70. The Morgan fingerprint density at radius 2 is 1.60 bits per heavy atom. The highest BCUT2D eigenvalue weighted by molar-refractivity contribution is 7.90. The number of nitrogens with zero attached hydrogens (tertiary/aromatic N) is 2. The molecule has 0 unspecified atom stereocenters. The summed E-state index contributed by atoms with van der Waals surface area (Å²) in [5.74, 6) is -1.81. The van der Waals surface area contributed by atoms with Gasteiger partial charge < -0.3 is 5.11 Å². The SMILES string of the molecule is Cc1cccc(C#N)c1-c1c(-c2cccc(-c3ccc(C(=O)O)cc3Cl)c2)n(S(=O)(=O)c2ccc(C(F)F)cc2)c2ccc(F)cc12. The van der Waals surface area contributed by atoms with Crippen molar-refractivity contribution in [1.29, 1.82) is 5.26 Å². The molecular weight excluding hydrogens is 649 g/mol. The molecular formula is C36H22ClF3N2O4S. The van der Waals surface area contributed by atoms with Crippen LogP contribution in [0.4, 0.5) is 13.2 Å². The number of benzene rings is 5. The molecule has 234 valence electrons. The maximum Gasteiger partial charge on any atom is 0.335 e. The molecule has 11 heteroatoms. The Morgan fingerprint density at radius 3 is 2.26 bits per heavy atom. The molecule has 1 heterocycles. The van der Waals surface area contributed by atoms with Gasteiger partial charge in [-0.05, 0) is 72.6 Å². The van der Waals surface area contributed by atoms with E-state index in [1.165, 1.54) is 30.3 Å². The second-order valence-electron chi connectivity index (χ2n) is 10.7. The second kappa shape index (κ2) is 12.1. The zero-order chi connectivity index (χ0) is 33.6. The van der Waals surface area contributed by atoms with Gasteiger partial charge in [0.25, 0.3) is 16.4 Å². The van der Waals surface area contributed by atoms with E-state index >= 15 is 0 Å². The van der Waals surface area contributed by atoms with E-state index in [0.29, 0.717) is 27.8 Å². The predicted octanol–water partition coefficient (Wildman–Crippen LogP) is 9.49. The minimum atomic E-state index is -4.54. The Balaban J connectivity index is 1.74. The molecule has 6 nitrogen and oxygen atoms in total. The summed E-state index contributed by atoms with van der Waals surface area (Å²) in [6.07, 6.45) is -2.81. The lowest BCUT2D eigenvalue weighted by Gasteiger charge is -2.16. The highest BCUT2D eigenvalue weighted by Crippen LogP contribution is 2.46. The lowest BCUT2D eigenvalue weighted by atomic mass is 9.91. The average Bonchev–Trinajstić information content (AvgIpc) is 3.39. The second-order valence-corrected chi connectivity index (χ2v) is 12.9. The van der Waals surface area contributed by atoms with Gasteiger partial charge in [0, 0.05) is 38.2 Å². The number of carbonyl (C=O) groups is 1. The number of aromatic nitrogens is 1. The van der Waals surface area contributed by atoms with Crippen molar-refractivity contribution in [2.45, 2.75) is 18.2 Å². The fraction of sp³-hybridized carbons (Fsp3) is 0.0556. The first-order valence-corrected chi connectivity index (χ1v) is 15.9. The number of nitriles is 1. The van der Waals surface area contributed by atoms with Crippen molar-refractivity contribution in [1.82, 2.24) is 3.97 Å². The minimum absolute atomic E-state index is 0.0214. The lowest BCUT2D eigenvalue weighted by molar-refractivity contribution is 0.0696. The summed E-state index contributed by atoms with van der Waals surface area (Å²) in [5.41, 5.74) is 2.62. The van der Waals surface area contributed by atoms with Crippen LogP contribution < -0.4 is 0 Å². The van der Waals surface area contributed by atoms with Crippen molar-refractivity contribution in [3.05, 3.63) is 136 Å². The Hall–Kier alpha value is -5.37. The molecule has 1 N–H and O–H groups in total. The summed E-state index contributed by atoms with van der Waals surface area (Å²) in [6, 6.07) is 25.9. The summed E-state index contributed by atoms with van der Waals surface area (Å²) in [4.78, 5) is 11.2. The largest absolute Gasteiger partial charge is 0.478 e. The summed E-state index contributed by atoms with van der Waals surface area (Å²) in [5, 5.41) is 19.9. The molecule has 0 atom stereocenters. The number of hydrogen-bond donors (Lipinski definition) is 1. The van der Waals surface area contributed by atoms with Crippen molar-refractivity contribution in [3.63, 3.8) is 0 Å². The predicted molar refractivity (Wildman–Crippen MR) is 174 cm³/mol. The van der Waals surface area contributed by atoms with Gasteiger partial charge in [-0.1, -0.05) is 60.1 Å². The van der Waals surface area contributed by atoms with E-state index in [1.807, 2.05) is 0 Å². The molecule has 0 amide bonds. The third-order valence-corrected chi connectivity index (χ3v) is 9.90. The van der Waals surface area contributed by atoms with Crippen molar-refractivity contribution in [2.75, 3.05) is 0 Å². The van der Waals surface area contributed by atoms with Crippen LogP contribution in [0.5, 0.6) is 0 Å². The number of fused-ring (bicyclic) bond motifs is 1. The van der Waals surface area contributed by atoms with Crippen LogP contribution >= 0.6 is 11.6 Å². The van der Waals surface area contributed by atoms with Gasteiger partial charge >= 0.3 is 5.97 Å². The maximum absolute atomic E-state index is 15.0. The number of alkyl halides is 2. The highest BCUT2D eigenvalue weighted by atomic mass is 35.5. The zero-order valence-electron chi connectivity index (χ0n) is 24.4. The number of aromatic carboxylic acids is 1. The Bertz CT molecular complexity index is 2380. The molecule has 5 aromatic carbocycles. The number of carboxylic acid groups (broad SMARTS) is 1. The van der Waals surface area contributed by atoms with E-state index in [4.69, 9.17) is 11.6 Å². The smallest absolute Gasteiger partial charge is 0.335 e. The Morgan fingerprint density at radius 1 is 0.894 bits per heavy atom. The monoisotopic (exact) mass is 670 g/mol. The van der Waals surface area contributed by atoms with Crippen molar-refractivity contribution < 1.29 is 31.5 Å². The van der Waals surface area contributed by atoms with Gasteiger partial charge in [0.05, 0.1) is 33.3 Å². The van der Waals surface area contributed by atoms with Gasteiger partial charge in [0.2, 0.25) is 0 Å². The van der Waals surface area contributed by atoms with E-state index in [9.17, 15) is 36.8 Å². The van der Waals surface area contributed by atoms with Crippen LogP contribution in [0.2, 0.25) is 5.02 Å². The third-order valence-electron chi connectivity index (χ3n) is 7.86. The van der Waals surface area contributed by atoms with E-state index in [2.05, 4.69) is 6.07 Å². The van der Waals surface area contributed by atoms with Crippen molar-refractivity contribution in [2.24, 2.45) is 0 Å². The molecule has 47 heavy (non-hydrogen) atoms. The number of halogens is 4. The first-order chi connectivity index (χ1) is 22.4. The van der Waals surface area contributed by atoms with Crippen LogP contribution in [0.3, 0.4) is 0 Å². The topological polar surface area (TPSA) is 100 Å². The van der Waals surface area contributed by atoms with Crippen LogP contribution in [0.1, 0.15) is 33.5 Å². The molecule has 0 aliphatic rings. The van der Waals surface area contributed by atoms with Crippen LogP contribution in [0.25, 0.3) is 44.4 Å². The quantitative estimate of drug-likeness (QED) is 0.182. The molecule has 0 spiro atoms. The van der Waals surface area contributed by atoms with E-state index in [-0.39, 0.29) is 48.8 Å². The molecule has 0 radical (unpaired) electrons. The van der Waals surface area contributed by atoms with Crippen molar-refractivity contribution in [3.8, 4) is 39.6 Å². The van der Waals surface area contributed by atoms with Crippen LogP contribution in [0.15, 0.2) is 108 Å². The summed E-state index contributed by atoms with van der Waals surface area (Å²) in [7, 11) is -4.54. The molecule has 1 aromatic heterocycles. The molecule has 0 bridgehead atoms. The molecule has 0 fully saturated rings. The number of carboxylic acids is 1.